The van der Waals surface area contributed by atoms with Gasteiger partial charge in [-0.2, -0.15) is 0 Å². The lowest BCUT2D eigenvalue weighted by molar-refractivity contribution is 0.174. The summed E-state index contributed by atoms with van der Waals surface area (Å²) in [6.45, 7) is 0.766. The maximum Gasteiger partial charge on any atom is 0.231 e. The van der Waals surface area contributed by atoms with Crippen molar-refractivity contribution in [3.05, 3.63) is 34.5 Å². The number of nitrogens with two attached hydrogens (primary N) is 1. The molecule has 118 valence electrons. The average Bonchev–Trinajstić information content (AvgIpc) is 3.26. The van der Waals surface area contributed by atoms with Crippen LogP contribution in [-0.2, 0) is 19.4 Å². The van der Waals surface area contributed by atoms with Crippen molar-refractivity contribution in [3.8, 4) is 22.8 Å². The highest BCUT2D eigenvalue weighted by molar-refractivity contribution is 7.17. The van der Waals surface area contributed by atoms with Gasteiger partial charge in [0.25, 0.3) is 0 Å². The van der Waals surface area contributed by atoms with Crippen molar-refractivity contribution >= 4 is 16.3 Å². The fraction of sp³-hybridized carbons (Fsp3) is 0.353. The first-order chi connectivity index (χ1) is 11.3. The summed E-state index contributed by atoms with van der Waals surface area (Å²) in [4.78, 5) is 7.43. The topological polar surface area (TPSA) is 61.8 Å². The van der Waals surface area contributed by atoms with Gasteiger partial charge >= 0.3 is 0 Å². The van der Waals surface area contributed by atoms with E-state index in [1.165, 1.54) is 29.8 Å². The monoisotopic (exact) mass is 327 g/mol. The van der Waals surface area contributed by atoms with Crippen molar-refractivity contribution in [3.63, 3.8) is 0 Å². The summed E-state index contributed by atoms with van der Waals surface area (Å²) in [7, 11) is 0. The third-order valence-corrected chi connectivity index (χ3v) is 5.80. The van der Waals surface area contributed by atoms with Gasteiger partial charge in [-0.3, -0.25) is 4.40 Å². The molecule has 1 aliphatic carbocycles. The van der Waals surface area contributed by atoms with Gasteiger partial charge in [0.2, 0.25) is 6.79 Å². The molecule has 3 heterocycles. The van der Waals surface area contributed by atoms with Crippen molar-refractivity contribution in [1.82, 2.24) is 9.38 Å². The summed E-state index contributed by atoms with van der Waals surface area (Å²) < 4.78 is 13.2. The molecular formula is C17H17N3O2S. The quantitative estimate of drug-likeness (QED) is 0.785. The molecule has 23 heavy (non-hydrogen) atoms. The van der Waals surface area contributed by atoms with Gasteiger partial charge in [0.1, 0.15) is 0 Å². The van der Waals surface area contributed by atoms with Crippen LogP contribution in [0.25, 0.3) is 16.2 Å². The number of aryl methyl sites for hydroxylation is 2. The van der Waals surface area contributed by atoms with E-state index in [1.807, 2.05) is 29.5 Å². The summed E-state index contributed by atoms with van der Waals surface area (Å²) in [6.07, 6.45) is 4.83. The molecule has 6 heteroatoms. The lowest BCUT2D eigenvalue weighted by Crippen LogP contribution is -2.08. The van der Waals surface area contributed by atoms with E-state index in [1.54, 1.807) is 0 Å². The number of fused-ring (bicyclic) bond motifs is 4. The predicted octanol–water partition coefficient (Wildman–Crippen LogP) is 3.13. The first-order valence-corrected chi connectivity index (χ1v) is 8.79. The molecule has 1 aromatic carbocycles. The highest BCUT2D eigenvalue weighted by Gasteiger charge is 2.23. The van der Waals surface area contributed by atoms with Crippen molar-refractivity contribution < 1.29 is 9.47 Å². The summed E-state index contributed by atoms with van der Waals surface area (Å²) in [6, 6.07) is 5.98. The van der Waals surface area contributed by atoms with E-state index in [0.717, 1.165) is 39.8 Å². The molecule has 0 spiro atoms. The number of aromatic nitrogens is 2. The van der Waals surface area contributed by atoms with Crippen LogP contribution >= 0.6 is 11.3 Å². The Morgan fingerprint density at radius 1 is 1.17 bits per heavy atom. The van der Waals surface area contributed by atoms with Gasteiger partial charge < -0.3 is 15.2 Å². The lowest BCUT2D eigenvalue weighted by atomic mass is 10.0. The van der Waals surface area contributed by atoms with Gasteiger partial charge in [0.15, 0.2) is 16.5 Å². The zero-order chi connectivity index (χ0) is 15.4. The number of rotatable bonds is 2. The van der Waals surface area contributed by atoms with Crippen LogP contribution in [0.1, 0.15) is 29.1 Å². The highest BCUT2D eigenvalue weighted by atomic mass is 32.1. The fourth-order valence-corrected chi connectivity index (χ4v) is 4.79. The Morgan fingerprint density at radius 2 is 2.04 bits per heavy atom. The molecule has 0 saturated heterocycles. The van der Waals surface area contributed by atoms with E-state index in [-0.39, 0.29) is 6.79 Å². The molecule has 2 aliphatic rings. The Morgan fingerprint density at radius 3 is 2.96 bits per heavy atom. The van der Waals surface area contributed by atoms with Gasteiger partial charge in [0.05, 0.1) is 11.4 Å². The molecule has 0 atom stereocenters. The minimum Gasteiger partial charge on any atom is -0.454 e. The van der Waals surface area contributed by atoms with Crippen LogP contribution in [0.3, 0.4) is 0 Å². The molecule has 0 bridgehead atoms. The fourth-order valence-electron chi connectivity index (χ4n) is 3.56. The minimum absolute atomic E-state index is 0.286. The summed E-state index contributed by atoms with van der Waals surface area (Å²) >= 11 is 1.81. The van der Waals surface area contributed by atoms with Gasteiger partial charge in [-0.05, 0) is 43.9 Å². The van der Waals surface area contributed by atoms with Crippen molar-refractivity contribution in [2.45, 2.75) is 32.2 Å². The predicted molar refractivity (Wildman–Crippen MR) is 89.2 cm³/mol. The molecular weight excluding hydrogens is 310 g/mol. The Balaban J connectivity index is 1.71. The SMILES string of the molecule is NCc1c(-c2ccc3c(c2)OCO3)nc2sc3c(n12)CCCC3. The maximum atomic E-state index is 6.09. The molecule has 0 saturated carbocycles. The number of thiazole rings is 1. The van der Waals surface area contributed by atoms with E-state index in [0.29, 0.717) is 6.54 Å². The van der Waals surface area contributed by atoms with Crippen LogP contribution in [0.2, 0.25) is 0 Å². The number of hydrogen-bond donors (Lipinski definition) is 1. The van der Waals surface area contributed by atoms with Crippen LogP contribution in [0.5, 0.6) is 11.5 Å². The molecule has 0 radical (unpaired) electrons. The van der Waals surface area contributed by atoms with Gasteiger partial charge in [-0.15, -0.1) is 11.3 Å². The van der Waals surface area contributed by atoms with Crippen LogP contribution in [0, 0.1) is 0 Å². The third-order valence-electron chi connectivity index (χ3n) is 4.66. The molecule has 2 aromatic heterocycles. The van der Waals surface area contributed by atoms with Gasteiger partial charge in [-0.1, -0.05) is 0 Å². The second-order valence-electron chi connectivity index (χ2n) is 5.98. The summed E-state index contributed by atoms with van der Waals surface area (Å²) in [5, 5.41) is 0. The largest absolute Gasteiger partial charge is 0.454 e. The number of nitrogens with zero attached hydrogens (tertiary/aromatic N) is 2. The van der Waals surface area contributed by atoms with Crippen molar-refractivity contribution in [2.75, 3.05) is 6.79 Å². The molecule has 0 fully saturated rings. The molecule has 5 rings (SSSR count). The van der Waals surface area contributed by atoms with E-state index >= 15 is 0 Å². The smallest absolute Gasteiger partial charge is 0.231 e. The zero-order valence-electron chi connectivity index (χ0n) is 12.7. The van der Waals surface area contributed by atoms with Crippen molar-refractivity contribution in [2.24, 2.45) is 5.73 Å². The van der Waals surface area contributed by atoms with E-state index < -0.39 is 0 Å². The van der Waals surface area contributed by atoms with Crippen LogP contribution < -0.4 is 15.2 Å². The summed E-state index contributed by atoms with van der Waals surface area (Å²) in [5.41, 5.74) is 10.6. The molecule has 5 nitrogen and oxygen atoms in total. The zero-order valence-corrected chi connectivity index (χ0v) is 13.5. The Labute approximate surface area is 137 Å². The van der Waals surface area contributed by atoms with E-state index in [9.17, 15) is 0 Å². The van der Waals surface area contributed by atoms with E-state index in [2.05, 4.69) is 4.40 Å². The Hall–Kier alpha value is -2.05. The normalized spacial score (nSPS) is 16.0. The van der Waals surface area contributed by atoms with Gasteiger partial charge in [0, 0.05) is 22.7 Å². The number of ether oxygens (including phenoxy) is 2. The van der Waals surface area contributed by atoms with Crippen LogP contribution in [-0.4, -0.2) is 16.2 Å². The standard InChI is InChI=1S/C17H17N3O2S/c18-8-12-16(10-5-6-13-14(7-10)22-9-21-13)19-17-20(12)11-3-1-2-4-15(11)23-17/h5-7H,1-4,8-9,18H2. The van der Waals surface area contributed by atoms with Crippen molar-refractivity contribution in [1.29, 1.82) is 0 Å². The Kier molecular flexibility index (Phi) is 2.90. The first kappa shape index (κ1) is 13.4. The maximum absolute atomic E-state index is 6.09. The van der Waals surface area contributed by atoms with Gasteiger partial charge in [-0.25, -0.2) is 4.98 Å². The lowest BCUT2D eigenvalue weighted by Gasteiger charge is -2.12. The second kappa shape index (κ2) is 4.97. The average molecular weight is 327 g/mol. The molecule has 0 unspecified atom stereocenters. The number of hydrogen-bond acceptors (Lipinski definition) is 5. The van der Waals surface area contributed by atoms with Crippen LogP contribution in [0.15, 0.2) is 18.2 Å². The minimum atomic E-state index is 0.286. The summed E-state index contributed by atoms with van der Waals surface area (Å²) in [5.74, 6) is 1.57. The third kappa shape index (κ3) is 1.91. The molecule has 1 aliphatic heterocycles. The Bertz CT molecular complexity index is 912. The molecule has 3 aromatic rings. The number of benzene rings is 1. The second-order valence-corrected chi connectivity index (χ2v) is 7.04. The molecule has 0 amide bonds. The first-order valence-electron chi connectivity index (χ1n) is 7.97. The molecule has 2 N–H and O–H groups in total. The van der Waals surface area contributed by atoms with E-state index in [4.69, 9.17) is 20.2 Å². The highest BCUT2D eigenvalue weighted by Crippen LogP contribution is 2.39. The van der Waals surface area contributed by atoms with Crippen LogP contribution in [0.4, 0.5) is 0 Å². The number of imidazole rings is 1.